The number of aliphatic hydroxyl groups is 1. The van der Waals surface area contributed by atoms with Crippen LogP contribution in [0.5, 0.6) is 5.75 Å². The van der Waals surface area contributed by atoms with Gasteiger partial charge < -0.3 is 19.9 Å². The zero-order valence-electron chi connectivity index (χ0n) is 14.2. The largest absolute Gasteiger partial charge is 0.486 e. The summed E-state index contributed by atoms with van der Waals surface area (Å²) in [4.78, 5) is 12.5. The average molecular weight is 352 g/mol. The van der Waals surface area contributed by atoms with E-state index < -0.39 is 0 Å². The van der Waals surface area contributed by atoms with E-state index in [0.717, 1.165) is 5.56 Å². The molecule has 2 aromatic carbocycles. The van der Waals surface area contributed by atoms with Crippen molar-refractivity contribution in [1.82, 2.24) is 5.32 Å². The Bertz CT molecular complexity index is 798. The zero-order chi connectivity index (χ0) is 18.4. The Balaban J connectivity index is 1.68. The molecule has 1 heterocycles. The number of nitrogens with one attached hydrogen (secondary N) is 1. The van der Waals surface area contributed by atoms with Gasteiger partial charge in [0.15, 0.2) is 0 Å². The summed E-state index contributed by atoms with van der Waals surface area (Å²) in [6, 6.07) is 15.6. The molecule has 0 bridgehead atoms. The van der Waals surface area contributed by atoms with E-state index in [0.29, 0.717) is 36.5 Å². The lowest BCUT2D eigenvalue weighted by Gasteiger charge is -2.32. The van der Waals surface area contributed by atoms with Crippen LogP contribution in [0.15, 0.2) is 48.5 Å². The first kappa shape index (κ1) is 17.9. The lowest BCUT2D eigenvalue weighted by atomic mass is 10.0. The maximum atomic E-state index is 12.5. The van der Waals surface area contributed by atoms with Gasteiger partial charge in [0.2, 0.25) is 0 Å². The van der Waals surface area contributed by atoms with Crippen LogP contribution < -0.4 is 10.1 Å². The first-order valence-electron chi connectivity index (χ1n) is 8.45. The quantitative estimate of drug-likeness (QED) is 0.859. The SMILES string of the molecule is N#Cc1cccc(C(=O)NC2CCOCC2Oc2ccc(CO)cc2)c1. The number of carbonyl (C=O) groups is 1. The molecule has 6 nitrogen and oxygen atoms in total. The van der Waals surface area contributed by atoms with Crippen molar-refractivity contribution in [3.63, 3.8) is 0 Å². The first-order valence-corrected chi connectivity index (χ1v) is 8.45. The van der Waals surface area contributed by atoms with Gasteiger partial charge in [-0.3, -0.25) is 4.79 Å². The molecule has 0 saturated carbocycles. The summed E-state index contributed by atoms with van der Waals surface area (Å²) in [6.07, 6.45) is 0.329. The number of hydrogen-bond acceptors (Lipinski definition) is 5. The molecule has 2 atom stereocenters. The van der Waals surface area contributed by atoms with E-state index in [1.165, 1.54) is 0 Å². The Morgan fingerprint density at radius 2 is 2.12 bits per heavy atom. The molecule has 0 aliphatic carbocycles. The molecule has 1 fully saturated rings. The fraction of sp³-hybridized carbons (Fsp3) is 0.300. The minimum absolute atomic E-state index is 0.0206. The topological polar surface area (TPSA) is 91.6 Å². The van der Waals surface area contributed by atoms with Gasteiger partial charge in [0.05, 0.1) is 30.9 Å². The molecule has 1 aliphatic rings. The first-order chi connectivity index (χ1) is 12.7. The highest BCUT2D eigenvalue weighted by Crippen LogP contribution is 2.19. The zero-order valence-corrected chi connectivity index (χ0v) is 14.2. The lowest BCUT2D eigenvalue weighted by molar-refractivity contribution is -0.0135. The number of nitriles is 1. The number of nitrogens with zero attached hydrogens (tertiary/aromatic N) is 1. The number of hydrogen-bond donors (Lipinski definition) is 2. The summed E-state index contributed by atoms with van der Waals surface area (Å²) in [7, 11) is 0. The van der Waals surface area contributed by atoms with E-state index in [9.17, 15) is 4.79 Å². The van der Waals surface area contributed by atoms with Crippen molar-refractivity contribution in [3.8, 4) is 11.8 Å². The highest BCUT2D eigenvalue weighted by molar-refractivity contribution is 5.94. The fourth-order valence-electron chi connectivity index (χ4n) is 2.82. The van der Waals surface area contributed by atoms with E-state index >= 15 is 0 Å². The molecule has 0 radical (unpaired) electrons. The maximum Gasteiger partial charge on any atom is 0.251 e. The van der Waals surface area contributed by atoms with Gasteiger partial charge in [-0.1, -0.05) is 18.2 Å². The van der Waals surface area contributed by atoms with E-state index in [1.807, 2.05) is 6.07 Å². The molecule has 2 N–H and O–H groups in total. The molecule has 0 aromatic heterocycles. The van der Waals surface area contributed by atoms with Crippen LogP contribution in [0.2, 0.25) is 0 Å². The van der Waals surface area contributed by atoms with Crippen LogP contribution >= 0.6 is 0 Å². The number of ether oxygens (including phenoxy) is 2. The summed E-state index contributed by atoms with van der Waals surface area (Å²) in [5.74, 6) is 0.418. The molecule has 26 heavy (non-hydrogen) atoms. The summed E-state index contributed by atoms with van der Waals surface area (Å²) in [5, 5.41) is 21.1. The van der Waals surface area contributed by atoms with Crippen molar-refractivity contribution in [1.29, 1.82) is 5.26 Å². The van der Waals surface area contributed by atoms with Crippen LogP contribution in [-0.2, 0) is 11.3 Å². The van der Waals surface area contributed by atoms with Crippen LogP contribution in [-0.4, -0.2) is 36.4 Å². The van der Waals surface area contributed by atoms with Crippen LogP contribution in [0.25, 0.3) is 0 Å². The number of amides is 1. The normalized spacial score (nSPS) is 19.4. The second-order valence-electron chi connectivity index (χ2n) is 6.09. The number of carbonyl (C=O) groups excluding carboxylic acids is 1. The third-order valence-corrected chi connectivity index (χ3v) is 4.27. The van der Waals surface area contributed by atoms with Crippen LogP contribution in [0.4, 0.5) is 0 Å². The molecule has 1 saturated heterocycles. The minimum Gasteiger partial charge on any atom is -0.486 e. The highest BCUT2D eigenvalue weighted by atomic mass is 16.5. The smallest absolute Gasteiger partial charge is 0.251 e. The highest BCUT2D eigenvalue weighted by Gasteiger charge is 2.29. The fourth-order valence-corrected chi connectivity index (χ4v) is 2.82. The van der Waals surface area contributed by atoms with E-state index in [4.69, 9.17) is 19.8 Å². The van der Waals surface area contributed by atoms with E-state index in [-0.39, 0.29) is 24.7 Å². The van der Waals surface area contributed by atoms with Crippen molar-refractivity contribution in [3.05, 3.63) is 65.2 Å². The van der Waals surface area contributed by atoms with Crippen LogP contribution in [0, 0.1) is 11.3 Å². The molecule has 3 rings (SSSR count). The summed E-state index contributed by atoms with van der Waals surface area (Å²) < 4.78 is 11.5. The van der Waals surface area contributed by atoms with E-state index in [2.05, 4.69) is 5.32 Å². The van der Waals surface area contributed by atoms with E-state index in [1.54, 1.807) is 48.5 Å². The minimum atomic E-state index is -0.313. The Labute approximate surface area is 152 Å². The molecule has 6 heteroatoms. The number of aliphatic hydroxyl groups excluding tert-OH is 1. The predicted octanol–water partition coefficient (Wildman–Crippen LogP) is 2.02. The van der Waals surface area contributed by atoms with Crippen molar-refractivity contribution in [2.75, 3.05) is 13.2 Å². The number of rotatable bonds is 5. The van der Waals surface area contributed by atoms with Gasteiger partial charge in [0.25, 0.3) is 5.91 Å². The summed E-state index contributed by atoms with van der Waals surface area (Å²) in [6.45, 7) is 0.907. The molecule has 0 spiro atoms. The Morgan fingerprint density at radius 1 is 1.31 bits per heavy atom. The molecular weight excluding hydrogens is 332 g/mol. The van der Waals surface area contributed by atoms with Crippen molar-refractivity contribution < 1.29 is 19.4 Å². The molecule has 2 unspecified atom stereocenters. The average Bonchev–Trinajstić information content (AvgIpc) is 2.70. The number of benzene rings is 2. The Morgan fingerprint density at radius 3 is 2.85 bits per heavy atom. The third kappa shape index (κ3) is 4.39. The van der Waals surface area contributed by atoms with Gasteiger partial charge in [-0.15, -0.1) is 0 Å². The van der Waals surface area contributed by atoms with Crippen LogP contribution in [0.1, 0.15) is 27.9 Å². The van der Waals surface area contributed by atoms with Gasteiger partial charge in [-0.2, -0.15) is 5.26 Å². The van der Waals surface area contributed by atoms with Gasteiger partial charge in [0, 0.05) is 12.2 Å². The van der Waals surface area contributed by atoms with Crippen molar-refractivity contribution >= 4 is 5.91 Å². The van der Waals surface area contributed by atoms with Gasteiger partial charge >= 0.3 is 0 Å². The second kappa shape index (κ2) is 8.48. The molecule has 134 valence electrons. The Kier molecular flexibility index (Phi) is 5.84. The Hall–Kier alpha value is -2.88. The summed E-state index contributed by atoms with van der Waals surface area (Å²) in [5.41, 5.74) is 1.70. The van der Waals surface area contributed by atoms with Gasteiger partial charge in [-0.05, 0) is 42.3 Å². The second-order valence-corrected chi connectivity index (χ2v) is 6.09. The standard InChI is InChI=1S/C20H20N2O4/c21-11-15-2-1-3-16(10-15)20(24)22-18-8-9-25-13-19(18)26-17-6-4-14(12-23)5-7-17/h1-7,10,18-19,23H,8-9,12-13H2,(H,22,24). The monoisotopic (exact) mass is 352 g/mol. The van der Waals surface area contributed by atoms with Crippen LogP contribution in [0.3, 0.4) is 0 Å². The molecule has 1 aliphatic heterocycles. The third-order valence-electron chi connectivity index (χ3n) is 4.27. The molecule has 2 aromatic rings. The molecular formula is C20H20N2O4. The van der Waals surface area contributed by atoms with Gasteiger partial charge in [0.1, 0.15) is 11.9 Å². The lowest BCUT2D eigenvalue weighted by Crippen LogP contribution is -2.51. The van der Waals surface area contributed by atoms with Gasteiger partial charge in [-0.25, -0.2) is 0 Å². The summed E-state index contributed by atoms with van der Waals surface area (Å²) >= 11 is 0. The molecule has 1 amide bonds. The van der Waals surface area contributed by atoms with Crippen molar-refractivity contribution in [2.24, 2.45) is 0 Å². The van der Waals surface area contributed by atoms with Crippen molar-refractivity contribution in [2.45, 2.75) is 25.2 Å². The maximum absolute atomic E-state index is 12.5. The predicted molar refractivity (Wildman–Crippen MR) is 94.6 cm³/mol.